The predicted molar refractivity (Wildman–Crippen MR) is 88.4 cm³/mol. The number of benzene rings is 1. The lowest BCUT2D eigenvalue weighted by atomic mass is 9.86. The van der Waals surface area contributed by atoms with E-state index >= 15 is 0 Å². The fraction of sp³-hybridized carbons (Fsp3) is 0.444. The molecule has 1 aliphatic carbocycles. The lowest BCUT2D eigenvalue weighted by molar-refractivity contribution is 0.0941. The van der Waals surface area contributed by atoms with Gasteiger partial charge in [0.25, 0.3) is 5.91 Å². The van der Waals surface area contributed by atoms with Gasteiger partial charge in [0.15, 0.2) is 0 Å². The van der Waals surface area contributed by atoms with Crippen LogP contribution in [0.15, 0.2) is 30.3 Å². The summed E-state index contributed by atoms with van der Waals surface area (Å²) in [5.74, 6) is 1.47. The Hall–Kier alpha value is -2.30. The summed E-state index contributed by atoms with van der Waals surface area (Å²) in [4.78, 5) is 12.2. The maximum atomic E-state index is 12.2. The Bertz CT molecular complexity index is 689. The number of aryl methyl sites for hydroxylation is 2. The first-order chi connectivity index (χ1) is 11.1. The van der Waals surface area contributed by atoms with E-state index < -0.39 is 0 Å². The molecule has 1 saturated carbocycles. The fourth-order valence-electron chi connectivity index (χ4n) is 2.71. The van der Waals surface area contributed by atoms with Crippen LogP contribution in [0, 0.1) is 12.8 Å². The van der Waals surface area contributed by atoms with Gasteiger partial charge in [-0.1, -0.05) is 18.6 Å². The van der Waals surface area contributed by atoms with E-state index in [0.29, 0.717) is 18.2 Å². The van der Waals surface area contributed by atoms with Crippen LogP contribution in [0.3, 0.4) is 0 Å². The van der Waals surface area contributed by atoms with E-state index in [1.807, 2.05) is 31.2 Å². The van der Waals surface area contributed by atoms with Crippen LogP contribution in [0.1, 0.15) is 41.0 Å². The lowest BCUT2D eigenvalue weighted by Gasteiger charge is -2.25. The third-order valence-electron chi connectivity index (χ3n) is 4.30. The number of nitrogens with zero attached hydrogens (tertiary/aromatic N) is 2. The molecule has 1 heterocycles. The molecule has 5 nitrogen and oxygen atoms in total. The molecule has 1 aromatic carbocycles. The highest BCUT2D eigenvalue weighted by molar-refractivity contribution is 5.92. The molecule has 0 aliphatic heterocycles. The number of hydrogen-bond acceptors (Lipinski definition) is 3. The second kappa shape index (κ2) is 6.86. The van der Waals surface area contributed by atoms with Crippen molar-refractivity contribution in [2.45, 2.75) is 32.7 Å². The first-order valence-electron chi connectivity index (χ1n) is 8.12. The lowest BCUT2D eigenvalue weighted by Crippen LogP contribution is -2.25. The predicted octanol–water partition coefficient (Wildman–Crippen LogP) is 2.84. The molecular formula is C18H23N3O2. The summed E-state index contributed by atoms with van der Waals surface area (Å²) >= 11 is 0. The van der Waals surface area contributed by atoms with Crippen molar-refractivity contribution in [2.24, 2.45) is 13.0 Å². The van der Waals surface area contributed by atoms with E-state index in [0.717, 1.165) is 23.6 Å². The molecule has 0 saturated heterocycles. The van der Waals surface area contributed by atoms with Crippen LogP contribution in [0.25, 0.3) is 0 Å². The van der Waals surface area contributed by atoms with Gasteiger partial charge in [0, 0.05) is 13.6 Å². The van der Waals surface area contributed by atoms with E-state index in [4.69, 9.17) is 4.74 Å². The molecule has 1 amide bonds. The van der Waals surface area contributed by atoms with Crippen LogP contribution < -0.4 is 10.1 Å². The summed E-state index contributed by atoms with van der Waals surface area (Å²) < 4.78 is 7.44. The average molecular weight is 313 g/mol. The van der Waals surface area contributed by atoms with Crippen molar-refractivity contribution in [3.8, 4) is 5.75 Å². The Morgan fingerprint density at radius 1 is 1.39 bits per heavy atom. The minimum atomic E-state index is -0.117. The molecule has 0 atom stereocenters. The normalized spacial score (nSPS) is 14.3. The Kier molecular flexibility index (Phi) is 4.65. The molecule has 3 rings (SSSR count). The van der Waals surface area contributed by atoms with Gasteiger partial charge in [-0.15, -0.1) is 0 Å². The van der Waals surface area contributed by atoms with Crippen LogP contribution in [0.4, 0.5) is 0 Å². The second-order valence-corrected chi connectivity index (χ2v) is 6.23. The van der Waals surface area contributed by atoms with Gasteiger partial charge in [-0.25, -0.2) is 0 Å². The van der Waals surface area contributed by atoms with Gasteiger partial charge < -0.3 is 10.1 Å². The molecule has 23 heavy (non-hydrogen) atoms. The van der Waals surface area contributed by atoms with Gasteiger partial charge in [-0.2, -0.15) is 5.10 Å². The van der Waals surface area contributed by atoms with E-state index in [-0.39, 0.29) is 5.91 Å². The minimum Gasteiger partial charge on any atom is -0.493 e. The Labute approximate surface area is 136 Å². The Balaban J connectivity index is 1.55. The first-order valence-corrected chi connectivity index (χ1v) is 8.12. The van der Waals surface area contributed by atoms with E-state index in [1.54, 1.807) is 17.8 Å². The molecule has 122 valence electrons. The summed E-state index contributed by atoms with van der Waals surface area (Å²) in [5.41, 5.74) is 2.44. The monoisotopic (exact) mass is 313 g/mol. The molecule has 1 fully saturated rings. The summed E-state index contributed by atoms with van der Waals surface area (Å²) in [6.07, 6.45) is 3.88. The minimum absolute atomic E-state index is 0.117. The summed E-state index contributed by atoms with van der Waals surface area (Å²) in [6, 6.07) is 9.70. The molecule has 1 N–H and O–H groups in total. The Morgan fingerprint density at radius 3 is 2.87 bits per heavy atom. The van der Waals surface area contributed by atoms with Gasteiger partial charge in [-0.3, -0.25) is 9.48 Å². The summed E-state index contributed by atoms with van der Waals surface area (Å²) in [7, 11) is 1.77. The Morgan fingerprint density at radius 2 is 2.22 bits per heavy atom. The number of aromatic nitrogens is 2. The molecule has 0 bridgehead atoms. The zero-order valence-electron chi connectivity index (χ0n) is 13.7. The highest BCUT2D eigenvalue weighted by atomic mass is 16.5. The van der Waals surface area contributed by atoms with Gasteiger partial charge in [-0.05, 0) is 49.4 Å². The first kappa shape index (κ1) is 15.6. The molecule has 0 unspecified atom stereocenters. The smallest absolute Gasteiger partial charge is 0.269 e. The van der Waals surface area contributed by atoms with Gasteiger partial charge >= 0.3 is 0 Å². The van der Waals surface area contributed by atoms with Crippen LogP contribution in [0.2, 0.25) is 0 Å². The molecule has 1 aliphatic rings. The van der Waals surface area contributed by atoms with E-state index in [1.165, 1.54) is 19.3 Å². The molecule has 1 aromatic heterocycles. The van der Waals surface area contributed by atoms with Gasteiger partial charge in [0.05, 0.1) is 12.3 Å². The van der Waals surface area contributed by atoms with Crippen LogP contribution in [0.5, 0.6) is 5.75 Å². The third-order valence-corrected chi connectivity index (χ3v) is 4.30. The van der Waals surface area contributed by atoms with Crippen molar-refractivity contribution in [3.63, 3.8) is 0 Å². The standard InChI is InChI=1S/C18H23N3O2/c1-13-9-17(21(2)20-13)18(22)19-11-15-7-4-8-16(10-15)23-12-14-5-3-6-14/h4,7-10,14H,3,5-6,11-12H2,1-2H3,(H,19,22). The SMILES string of the molecule is Cc1cc(C(=O)NCc2cccc(OCC3CCC3)c2)n(C)n1. The molecule has 0 radical (unpaired) electrons. The number of nitrogens with one attached hydrogen (secondary N) is 1. The van der Waals surface area contributed by atoms with Crippen molar-refractivity contribution >= 4 is 5.91 Å². The largest absolute Gasteiger partial charge is 0.493 e. The maximum absolute atomic E-state index is 12.2. The zero-order chi connectivity index (χ0) is 16.2. The maximum Gasteiger partial charge on any atom is 0.269 e. The number of carbonyl (C=O) groups is 1. The fourth-order valence-corrected chi connectivity index (χ4v) is 2.71. The van der Waals surface area contributed by atoms with Crippen molar-refractivity contribution in [1.29, 1.82) is 0 Å². The molecule has 2 aromatic rings. The number of hydrogen-bond donors (Lipinski definition) is 1. The van der Waals surface area contributed by atoms with Crippen molar-refractivity contribution in [2.75, 3.05) is 6.61 Å². The highest BCUT2D eigenvalue weighted by Crippen LogP contribution is 2.27. The summed E-state index contributed by atoms with van der Waals surface area (Å²) in [5, 5.41) is 7.12. The summed E-state index contributed by atoms with van der Waals surface area (Å²) in [6.45, 7) is 3.15. The third kappa shape index (κ3) is 3.92. The van der Waals surface area contributed by atoms with Crippen LogP contribution in [-0.4, -0.2) is 22.3 Å². The average Bonchev–Trinajstić information content (AvgIpc) is 2.82. The van der Waals surface area contributed by atoms with Crippen LogP contribution in [-0.2, 0) is 13.6 Å². The number of rotatable bonds is 6. The number of ether oxygens (including phenoxy) is 1. The molecule has 0 spiro atoms. The van der Waals surface area contributed by atoms with Crippen LogP contribution >= 0.6 is 0 Å². The van der Waals surface area contributed by atoms with E-state index in [2.05, 4.69) is 10.4 Å². The highest BCUT2D eigenvalue weighted by Gasteiger charge is 2.18. The number of amides is 1. The molecular weight excluding hydrogens is 290 g/mol. The van der Waals surface area contributed by atoms with Gasteiger partial charge in [0.1, 0.15) is 11.4 Å². The van der Waals surface area contributed by atoms with Gasteiger partial charge in [0.2, 0.25) is 0 Å². The van der Waals surface area contributed by atoms with Crippen molar-refractivity contribution in [3.05, 3.63) is 47.3 Å². The second-order valence-electron chi connectivity index (χ2n) is 6.23. The zero-order valence-corrected chi connectivity index (χ0v) is 13.7. The molecule has 5 heteroatoms. The topological polar surface area (TPSA) is 56.1 Å². The van der Waals surface area contributed by atoms with Crippen molar-refractivity contribution < 1.29 is 9.53 Å². The van der Waals surface area contributed by atoms with Crippen molar-refractivity contribution in [1.82, 2.24) is 15.1 Å². The number of carbonyl (C=O) groups excluding carboxylic acids is 1. The van der Waals surface area contributed by atoms with E-state index in [9.17, 15) is 4.79 Å². The quantitative estimate of drug-likeness (QED) is 0.892.